The van der Waals surface area contributed by atoms with Crippen LogP contribution in [0.3, 0.4) is 0 Å². The molecule has 0 spiro atoms. The van der Waals surface area contributed by atoms with E-state index in [2.05, 4.69) is 10.3 Å². The first-order valence-electron chi connectivity index (χ1n) is 6.85. The van der Waals surface area contributed by atoms with E-state index in [4.69, 9.17) is 0 Å². The second-order valence-corrected chi connectivity index (χ2v) is 5.03. The highest BCUT2D eigenvalue weighted by Gasteiger charge is 2.27. The number of carbonyl (C=O) groups is 1. The van der Waals surface area contributed by atoms with Crippen molar-refractivity contribution in [1.82, 2.24) is 15.2 Å². The van der Waals surface area contributed by atoms with Crippen LogP contribution in [0.2, 0.25) is 0 Å². The molecule has 5 heteroatoms. The zero-order chi connectivity index (χ0) is 13.8. The Morgan fingerprint density at radius 2 is 2.26 bits per heavy atom. The average molecular weight is 263 g/mol. The van der Waals surface area contributed by atoms with E-state index in [0.29, 0.717) is 6.54 Å². The van der Waals surface area contributed by atoms with Crippen molar-refractivity contribution < 1.29 is 4.79 Å². The Balaban J connectivity index is 2.25. The van der Waals surface area contributed by atoms with Gasteiger partial charge in [-0.2, -0.15) is 0 Å². The first-order valence-corrected chi connectivity index (χ1v) is 6.85. The van der Waals surface area contributed by atoms with Gasteiger partial charge >= 0.3 is 0 Å². The number of hydrogen-bond donors (Lipinski definition) is 2. The molecule has 0 aromatic carbocycles. The summed E-state index contributed by atoms with van der Waals surface area (Å²) in [5, 5.41) is 3.26. The molecule has 1 aromatic rings. The highest BCUT2D eigenvalue weighted by atomic mass is 16.2. The molecule has 2 heterocycles. The number of aromatic nitrogens is 1. The summed E-state index contributed by atoms with van der Waals surface area (Å²) in [5.41, 5.74) is 0.717. The fourth-order valence-corrected chi connectivity index (χ4v) is 2.49. The van der Waals surface area contributed by atoms with Crippen molar-refractivity contribution >= 4 is 5.91 Å². The van der Waals surface area contributed by atoms with Crippen LogP contribution < -0.4 is 10.9 Å². The summed E-state index contributed by atoms with van der Waals surface area (Å²) in [6.45, 7) is 6.29. The summed E-state index contributed by atoms with van der Waals surface area (Å²) in [6.07, 6.45) is 1.85. The molecule has 1 atom stereocenters. The fourth-order valence-electron chi connectivity index (χ4n) is 2.49. The second kappa shape index (κ2) is 6.02. The van der Waals surface area contributed by atoms with Gasteiger partial charge in [0, 0.05) is 24.8 Å². The first kappa shape index (κ1) is 13.8. The summed E-state index contributed by atoms with van der Waals surface area (Å²) >= 11 is 0. The number of aromatic amines is 1. The van der Waals surface area contributed by atoms with E-state index in [1.807, 2.05) is 11.8 Å². The van der Waals surface area contributed by atoms with E-state index in [9.17, 15) is 9.59 Å². The predicted molar refractivity (Wildman–Crippen MR) is 74.4 cm³/mol. The number of nitrogens with zero attached hydrogens (tertiary/aromatic N) is 1. The van der Waals surface area contributed by atoms with Gasteiger partial charge in [-0.25, -0.2) is 0 Å². The summed E-state index contributed by atoms with van der Waals surface area (Å²) in [7, 11) is 0. The molecule has 2 rings (SSSR count). The number of nitrogens with one attached hydrogen (secondary N) is 2. The summed E-state index contributed by atoms with van der Waals surface area (Å²) in [5.74, 6) is -0.156. The number of rotatable bonds is 4. The maximum Gasteiger partial charge on any atom is 0.260 e. The zero-order valence-corrected chi connectivity index (χ0v) is 11.5. The third kappa shape index (κ3) is 3.04. The molecule has 0 saturated carbocycles. The number of carbonyl (C=O) groups excluding carboxylic acids is 1. The molecule has 1 aromatic heterocycles. The molecule has 5 nitrogen and oxygen atoms in total. The molecule has 0 radical (unpaired) electrons. The van der Waals surface area contributed by atoms with E-state index in [0.717, 1.165) is 31.6 Å². The Morgan fingerprint density at radius 3 is 2.84 bits per heavy atom. The van der Waals surface area contributed by atoms with Gasteiger partial charge in [-0.3, -0.25) is 9.59 Å². The van der Waals surface area contributed by atoms with Crippen molar-refractivity contribution in [2.24, 2.45) is 0 Å². The van der Waals surface area contributed by atoms with E-state index >= 15 is 0 Å². The van der Waals surface area contributed by atoms with Gasteiger partial charge in [0.05, 0.1) is 0 Å². The number of aryl methyl sites for hydroxylation is 1. The van der Waals surface area contributed by atoms with Crippen molar-refractivity contribution in [3.8, 4) is 0 Å². The van der Waals surface area contributed by atoms with Gasteiger partial charge < -0.3 is 15.2 Å². The Hall–Kier alpha value is -1.62. The van der Waals surface area contributed by atoms with Crippen molar-refractivity contribution in [2.75, 3.05) is 19.6 Å². The topological polar surface area (TPSA) is 65.2 Å². The van der Waals surface area contributed by atoms with Crippen LogP contribution in [0.4, 0.5) is 0 Å². The number of pyridine rings is 1. The van der Waals surface area contributed by atoms with Crippen LogP contribution in [-0.4, -0.2) is 41.5 Å². The van der Waals surface area contributed by atoms with Gasteiger partial charge in [0.25, 0.3) is 11.5 Å². The lowest BCUT2D eigenvalue weighted by Crippen LogP contribution is -2.43. The minimum Gasteiger partial charge on any atom is -0.334 e. The largest absolute Gasteiger partial charge is 0.334 e. The van der Waals surface area contributed by atoms with Gasteiger partial charge in [-0.05, 0) is 38.4 Å². The minimum absolute atomic E-state index is 0.156. The predicted octanol–water partition coefficient (Wildman–Crippen LogP) is 0.897. The Bertz CT molecular complexity index is 504. The van der Waals surface area contributed by atoms with Crippen molar-refractivity contribution in [3.63, 3.8) is 0 Å². The standard InChI is InChI=1S/C14H21N3O2/c1-3-8-17(11-6-7-15-9-11)14(19)12-5-4-10(2)16-13(12)18/h4-5,11,15H,3,6-9H2,1-2H3,(H,16,18). The fraction of sp³-hybridized carbons (Fsp3) is 0.571. The van der Waals surface area contributed by atoms with Crippen molar-refractivity contribution in [2.45, 2.75) is 32.7 Å². The third-order valence-corrected chi connectivity index (χ3v) is 3.49. The molecular formula is C14H21N3O2. The molecule has 1 saturated heterocycles. The highest BCUT2D eigenvalue weighted by molar-refractivity contribution is 5.94. The molecular weight excluding hydrogens is 242 g/mol. The second-order valence-electron chi connectivity index (χ2n) is 5.03. The molecule has 1 fully saturated rings. The van der Waals surface area contributed by atoms with Gasteiger partial charge in [-0.15, -0.1) is 0 Å². The van der Waals surface area contributed by atoms with Crippen molar-refractivity contribution in [1.29, 1.82) is 0 Å². The van der Waals surface area contributed by atoms with Crippen LogP contribution in [0.5, 0.6) is 0 Å². The highest BCUT2D eigenvalue weighted by Crippen LogP contribution is 2.12. The normalized spacial score (nSPS) is 18.5. The quantitative estimate of drug-likeness (QED) is 0.848. The van der Waals surface area contributed by atoms with E-state index in [1.54, 1.807) is 19.1 Å². The van der Waals surface area contributed by atoms with Crippen LogP contribution in [0.25, 0.3) is 0 Å². The third-order valence-electron chi connectivity index (χ3n) is 3.49. The molecule has 104 valence electrons. The van der Waals surface area contributed by atoms with E-state index in [-0.39, 0.29) is 23.1 Å². The number of H-pyrrole nitrogens is 1. The Labute approximate surface area is 113 Å². The van der Waals surface area contributed by atoms with Crippen LogP contribution in [0.1, 0.15) is 35.8 Å². The van der Waals surface area contributed by atoms with Gasteiger partial charge in [0.1, 0.15) is 5.56 Å². The lowest BCUT2D eigenvalue weighted by molar-refractivity contribution is 0.0690. The Kier molecular flexibility index (Phi) is 4.37. The lowest BCUT2D eigenvalue weighted by atomic mass is 10.1. The van der Waals surface area contributed by atoms with E-state index < -0.39 is 0 Å². The zero-order valence-electron chi connectivity index (χ0n) is 11.5. The van der Waals surface area contributed by atoms with Crippen LogP contribution in [-0.2, 0) is 0 Å². The van der Waals surface area contributed by atoms with Gasteiger partial charge in [0.2, 0.25) is 0 Å². The number of amides is 1. The molecule has 1 unspecified atom stereocenters. The van der Waals surface area contributed by atoms with Gasteiger partial charge in [0.15, 0.2) is 0 Å². The van der Waals surface area contributed by atoms with Gasteiger partial charge in [-0.1, -0.05) is 6.92 Å². The summed E-state index contributed by atoms with van der Waals surface area (Å²) in [6, 6.07) is 3.60. The molecule has 19 heavy (non-hydrogen) atoms. The van der Waals surface area contributed by atoms with Crippen LogP contribution in [0, 0.1) is 6.92 Å². The number of hydrogen-bond acceptors (Lipinski definition) is 3. The minimum atomic E-state index is -0.294. The summed E-state index contributed by atoms with van der Waals surface area (Å²) < 4.78 is 0. The van der Waals surface area contributed by atoms with E-state index in [1.165, 1.54) is 0 Å². The lowest BCUT2D eigenvalue weighted by Gasteiger charge is -2.28. The maximum absolute atomic E-state index is 12.5. The molecule has 1 aliphatic heterocycles. The molecule has 2 N–H and O–H groups in total. The molecule has 0 bridgehead atoms. The van der Waals surface area contributed by atoms with Crippen LogP contribution >= 0.6 is 0 Å². The summed E-state index contributed by atoms with van der Waals surface area (Å²) in [4.78, 5) is 28.9. The maximum atomic E-state index is 12.5. The molecule has 1 aliphatic rings. The van der Waals surface area contributed by atoms with Crippen molar-refractivity contribution in [3.05, 3.63) is 33.7 Å². The monoisotopic (exact) mass is 263 g/mol. The Morgan fingerprint density at radius 1 is 1.47 bits per heavy atom. The smallest absolute Gasteiger partial charge is 0.260 e. The molecule has 0 aliphatic carbocycles. The van der Waals surface area contributed by atoms with Crippen LogP contribution in [0.15, 0.2) is 16.9 Å². The average Bonchev–Trinajstić information content (AvgIpc) is 2.89. The SMILES string of the molecule is CCCN(C(=O)c1ccc(C)[nH]c1=O)C1CCNC1. The molecule has 1 amide bonds. The first-order chi connectivity index (χ1) is 9.13.